The van der Waals surface area contributed by atoms with Gasteiger partial charge in [0, 0.05) is 17.9 Å². The number of hydrogen-bond donors (Lipinski definition) is 1. The highest BCUT2D eigenvalue weighted by molar-refractivity contribution is 5.80. The van der Waals surface area contributed by atoms with Crippen LogP contribution in [0.3, 0.4) is 0 Å². The van der Waals surface area contributed by atoms with Gasteiger partial charge in [0.1, 0.15) is 11.9 Å². The Morgan fingerprint density at radius 3 is 2.17 bits per heavy atom. The first-order valence-electron chi connectivity index (χ1n) is 6.83. The highest BCUT2D eigenvalue weighted by Gasteiger charge is 2.27. The molecule has 4 nitrogen and oxygen atoms in total. The average Bonchev–Trinajstić information content (AvgIpc) is 2.26. The largest absolute Gasteiger partial charge is 0.446 e. The molecule has 0 saturated heterocycles. The van der Waals surface area contributed by atoms with Crippen LogP contribution in [0.25, 0.3) is 0 Å². The Kier molecular flexibility index (Phi) is 5.17. The molecule has 0 aromatic heterocycles. The molecule has 18 heavy (non-hydrogen) atoms. The van der Waals surface area contributed by atoms with Gasteiger partial charge in [-0.15, -0.1) is 0 Å². The van der Waals surface area contributed by atoms with Crippen LogP contribution in [0.4, 0.5) is 4.79 Å². The number of hydrogen-bond acceptors (Lipinski definition) is 3. The van der Waals surface area contributed by atoms with Gasteiger partial charge in [-0.05, 0) is 46.5 Å². The summed E-state index contributed by atoms with van der Waals surface area (Å²) in [5, 5.41) is 2.78. The quantitative estimate of drug-likeness (QED) is 0.843. The second-order valence-corrected chi connectivity index (χ2v) is 6.07. The van der Waals surface area contributed by atoms with E-state index in [1.807, 2.05) is 27.7 Å². The Bertz CT molecular complexity index is 299. The highest BCUT2D eigenvalue weighted by atomic mass is 16.6. The van der Waals surface area contributed by atoms with Crippen LogP contribution >= 0.6 is 0 Å². The van der Waals surface area contributed by atoms with Crippen LogP contribution in [0, 0.1) is 5.92 Å². The summed E-state index contributed by atoms with van der Waals surface area (Å²) < 4.78 is 5.37. The molecular weight excluding hydrogens is 230 g/mol. The lowest BCUT2D eigenvalue weighted by atomic mass is 9.84. The summed E-state index contributed by atoms with van der Waals surface area (Å²) in [6.07, 6.45) is 3.52. The second-order valence-electron chi connectivity index (χ2n) is 6.07. The lowest BCUT2D eigenvalue weighted by Gasteiger charge is -2.28. The molecule has 104 valence electrons. The minimum atomic E-state index is -0.354. The molecule has 0 atom stereocenters. The normalized spacial score (nSPS) is 24.4. The first-order chi connectivity index (χ1) is 8.31. The maximum atomic E-state index is 11.6. The number of carbonyl (C=O) groups is 2. The van der Waals surface area contributed by atoms with Gasteiger partial charge >= 0.3 is 6.09 Å². The third kappa shape index (κ3) is 5.07. The van der Waals surface area contributed by atoms with Crippen molar-refractivity contribution in [3.8, 4) is 0 Å². The van der Waals surface area contributed by atoms with Crippen molar-refractivity contribution < 1.29 is 14.3 Å². The topological polar surface area (TPSA) is 55.4 Å². The lowest BCUT2D eigenvalue weighted by molar-refractivity contribution is -0.124. The summed E-state index contributed by atoms with van der Waals surface area (Å²) in [4.78, 5) is 23.2. The maximum absolute atomic E-state index is 11.6. The first-order valence-corrected chi connectivity index (χ1v) is 6.83. The Labute approximate surface area is 109 Å². The van der Waals surface area contributed by atoms with Gasteiger partial charge in [0.25, 0.3) is 0 Å². The van der Waals surface area contributed by atoms with Crippen LogP contribution < -0.4 is 5.32 Å². The first kappa shape index (κ1) is 15.0. The molecule has 0 unspecified atom stereocenters. The molecule has 0 aromatic carbocycles. The van der Waals surface area contributed by atoms with Crippen LogP contribution in [-0.4, -0.2) is 23.5 Å². The van der Waals surface area contributed by atoms with Crippen molar-refractivity contribution in [1.29, 1.82) is 0 Å². The third-order valence-electron chi connectivity index (χ3n) is 3.23. The minimum Gasteiger partial charge on any atom is -0.446 e. The molecule has 0 aliphatic heterocycles. The van der Waals surface area contributed by atoms with Gasteiger partial charge in [-0.1, -0.05) is 6.92 Å². The third-order valence-corrected chi connectivity index (χ3v) is 3.23. The summed E-state index contributed by atoms with van der Waals surface area (Å²) in [5.41, 5.74) is -0.271. The summed E-state index contributed by atoms with van der Waals surface area (Å²) in [7, 11) is 0. The van der Waals surface area contributed by atoms with Gasteiger partial charge in [0.05, 0.1) is 0 Å². The number of nitrogens with one attached hydrogen (secondary N) is 1. The van der Waals surface area contributed by atoms with E-state index >= 15 is 0 Å². The van der Waals surface area contributed by atoms with Crippen molar-refractivity contribution in [2.24, 2.45) is 5.92 Å². The molecule has 1 aliphatic carbocycles. The Morgan fingerprint density at radius 2 is 1.72 bits per heavy atom. The number of ketones is 1. The van der Waals surface area contributed by atoms with Gasteiger partial charge < -0.3 is 10.1 Å². The molecule has 0 heterocycles. The fourth-order valence-electron chi connectivity index (χ4n) is 2.28. The van der Waals surface area contributed by atoms with Gasteiger partial charge in [-0.3, -0.25) is 4.79 Å². The van der Waals surface area contributed by atoms with Crippen molar-refractivity contribution in [2.45, 2.75) is 71.4 Å². The summed E-state index contributed by atoms with van der Waals surface area (Å²) in [6.45, 7) is 7.67. The number of ether oxygens (including phenoxy) is 1. The number of amides is 1. The molecule has 0 aromatic rings. The van der Waals surface area contributed by atoms with Crippen LogP contribution in [-0.2, 0) is 9.53 Å². The highest BCUT2D eigenvalue weighted by Crippen LogP contribution is 2.27. The van der Waals surface area contributed by atoms with Crippen molar-refractivity contribution in [3.63, 3.8) is 0 Å². The second kappa shape index (κ2) is 6.21. The van der Waals surface area contributed by atoms with Crippen molar-refractivity contribution >= 4 is 11.9 Å². The fourth-order valence-corrected chi connectivity index (χ4v) is 2.28. The van der Waals surface area contributed by atoms with E-state index in [2.05, 4.69) is 5.32 Å². The Hall–Kier alpha value is -1.06. The van der Waals surface area contributed by atoms with Gasteiger partial charge in [-0.25, -0.2) is 4.79 Å². The molecule has 1 N–H and O–H groups in total. The molecule has 1 aliphatic rings. The van der Waals surface area contributed by atoms with E-state index < -0.39 is 0 Å². The van der Waals surface area contributed by atoms with E-state index in [4.69, 9.17) is 4.74 Å². The Morgan fingerprint density at radius 1 is 1.17 bits per heavy atom. The number of rotatable bonds is 3. The fraction of sp³-hybridized carbons (Fsp3) is 0.857. The predicted molar refractivity (Wildman–Crippen MR) is 70.4 cm³/mol. The zero-order chi connectivity index (χ0) is 13.8. The molecular formula is C14H25NO3. The zero-order valence-corrected chi connectivity index (χ0v) is 11.9. The van der Waals surface area contributed by atoms with Gasteiger partial charge in [0.15, 0.2) is 0 Å². The number of alkyl carbamates (subject to hydrolysis) is 1. The molecule has 1 saturated carbocycles. The molecule has 0 bridgehead atoms. The zero-order valence-electron chi connectivity index (χ0n) is 11.9. The number of carbonyl (C=O) groups excluding carboxylic acids is 2. The summed E-state index contributed by atoms with van der Waals surface area (Å²) >= 11 is 0. The SMILES string of the molecule is CCC(=O)C1CCC(OC(=O)NC(C)(C)C)CC1. The standard InChI is InChI=1S/C14H25NO3/c1-5-12(16)10-6-8-11(9-7-10)18-13(17)15-14(2,3)4/h10-11H,5-9H2,1-4H3,(H,15,17). The van der Waals surface area contributed by atoms with E-state index in [0.717, 1.165) is 25.7 Å². The average molecular weight is 255 g/mol. The number of Topliss-reactive ketones (excluding diaryl/α,β-unsaturated/α-hetero) is 1. The Balaban J connectivity index is 2.31. The minimum absolute atomic E-state index is 0.0340. The van der Waals surface area contributed by atoms with E-state index in [0.29, 0.717) is 12.2 Å². The van der Waals surface area contributed by atoms with Crippen LogP contribution in [0.1, 0.15) is 59.8 Å². The predicted octanol–water partition coefficient (Wildman–Crippen LogP) is 3.05. The van der Waals surface area contributed by atoms with Gasteiger partial charge in [0.2, 0.25) is 0 Å². The molecule has 1 rings (SSSR count). The van der Waals surface area contributed by atoms with Crippen LogP contribution in [0.2, 0.25) is 0 Å². The van der Waals surface area contributed by atoms with Gasteiger partial charge in [-0.2, -0.15) is 0 Å². The maximum Gasteiger partial charge on any atom is 0.407 e. The molecule has 1 fully saturated rings. The summed E-state index contributed by atoms with van der Waals surface area (Å²) in [6, 6.07) is 0. The molecule has 0 radical (unpaired) electrons. The van der Waals surface area contributed by atoms with Crippen molar-refractivity contribution in [1.82, 2.24) is 5.32 Å². The summed E-state index contributed by atoms with van der Waals surface area (Å²) in [5.74, 6) is 0.521. The molecule has 1 amide bonds. The van der Waals surface area contributed by atoms with E-state index in [1.54, 1.807) is 0 Å². The van der Waals surface area contributed by atoms with E-state index in [9.17, 15) is 9.59 Å². The van der Waals surface area contributed by atoms with Crippen molar-refractivity contribution in [3.05, 3.63) is 0 Å². The monoisotopic (exact) mass is 255 g/mol. The molecule has 4 heteroatoms. The molecule has 0 spiro atoms. The lowest BCUT2D eigenvalue weighted by Crippen LogP contribution is -2.42. The van der Waals surface area contributed by atoms with Crippen LogP contribution in [0.5, 0.6) is 0 Å². The smallest absolute Gasteiger partial charge is 0.407 e. The van der Waals surface area contributed by atoms with Crippen molar-refractivity contribution in [2.75, 3.05) is 0 Å². The van der Waals surface area contributed by atoms with E-state index in [1.165, 1.54) is 0 Å². The van der Waals surface area contributed by atoms with E-state index in [-0.39, 0.29) is 23.7 Å². The van der Waals surface area contributed by atoms with Crippen LogP contribution in [0.15, 0.2) is 0 Å².